The monoisotopic (exact) mass is 1490 g/mol. The fourth-order valence-corrected chi connectivity index (χ4v) is 14.4. The van der Waals surface area contributed by atoms with Gasteiger partial charge in [0.05, 0.1) is 26.4 Å². The molecule has 0 spiro atoms. The zero-order chi connectivity index (χ0) is 75.1. The largest absolute Gasteiger partial charge is 0.472 e. The lowest BCUT2D eigenvalue weighted by Gasteiger charge is -2.21. The van der Waals surface area contributed by atoms with Gasteiger partial charge in [0.25, 0.3) is 0 Å². The lowest BCUT2D eigenvalue weighted by Crippen LogP contribution is -2.30. The normalized spacial score (nSPS) is 14.5. The van der Waals surface area contributed by atoms with E-state index in [2.05, 4.69) is 48.5 Å². The predicted molar refractivity (Wildman–Crippen MR) is 418 cm³/mol. The number of esters is 4. The molecule has 0 rings (SSSR count). The van der Waals surface area contributed by atoms with Crippen molar-refractivity contribution in [3.05, 3.63) is 0 Å². The van der Waals surface area contributed by atoms with Crippen LogP contribution in [0, 0.1) is 17.8 Å². The first-order chi connectivity index (χ1) is 49.3. The van der Waals surface area contributed by atoms with Gasteiger partial charge in [0, 0.05) is 25.7 Å². The summed E-state index contributed by atoms with van der Waals surface area (Å²) in [5.41, 5.74) is 0. The molecule has 0 aliphatic carbocycles. The van der Waals surface area contributed by atoms with E-state index in [1.165, 1.54) is 244 Å². The van der Waals surface area contributed by atoms with Crippen LogP contribution in [0.25, 0.3) is 0 Å². The second kappa shape index (κ2) is 73.2. The Labute approximate surface area is 626 Å². The predicted octanol–water partition coefficient (Wildman–Crippen LogP) is 24.9. The van der Waals surface area contributed by atoms with Crippen molar-refractivity contribution < 1.29 is 80.2 Å². The molecule has 3 N–H and O–H groups in total. The maximum Gasteiger partial charge on any atom is 0.472 e. The number of phosphoric ester groups is 2. The first-order valence-electron chi connectivity index (χ1n) is 42.9. The van der Waals surface area contributed by atoms with Gasteiger partial charge in [-0.25, -0.2) is 9.13 Å². The third kappa shape index (κ3) is 73.6. The van der Waals surface area contributed by atoms with Gasteiger partial charge in [0.2, 0.25) is 0 Å². The average Bonchev–Trinajstić information content (AvgIpc) is 1.23. The van der Waals surface area contributed by atoms with Gasteiger partial charge in [-0.05, 0) is 43.4 Å². The molecule has 0 aliphatic heterocycles. The third-order valence-corrected chi connectivity index (χ3v) is 22.0. The van der Waals surface area contributed by atoms with Gasteiger partial charge in [0.15, 0.2) is 12.2 Å². The van der Waals surface area contributed by atoms with Gasteiger partial charge < -0.3 is 33.8 Å². The van der Waals surface area contributed by atoms with Crippen molar-refractivity contribution in [2.45, 2.75) is 452 Å². The van der Waals surface area contributed by atoms with Crippen molar-refractivity contribution in [1.82, 2.24) is 0 Å². The number of rotatable bonds is 81. The fraction of sp³-hybridized carbons (Fsp3) is 0.952. The summed E-state index contributed by atoms with van der Waals surface area (Å²) in [6.07, 6.45) is 62.3. The van der Waals surface area contributed by atoms with Crippen molar-refractivity contribution in [3.63, 3.8) is 0 Å². The number of unbranched alkanes of at least 4 members (excludes halogenated alkanes) is 47. The molecule has 19 heteroatoms. The van der Waals surface area contributed by atoms with Gasteiger partial charge in [-0.1, -0.05) is 382 Å². The number of carbonyl (C=O) groups is 4. The molecule has 0 bridgehead atoms. The average molecular weight is 1490 g/mol. The first kappa shape index (κ1) is 100. The van der Waals surface area contributed by atoms with E-state index >= 15 is 0 Å². The molecular formula is C83H162O17P2. The molecule has 0 aliphatic rings. The van der Waals surface area contributed by atoms with Crippen LogP contribution in [0.3, 0.4) is 0 Å². The van der Waals surface area contributed by atoms with E-state index in [1.807, 2.05) is 0 Å². The van der Waals surface area contributed by atoms with Crippen LogP contribution in [0.2, 0.25) is 0 Å². The van der Waals surface area contributed by atoms with E-state index in [4.69, 9.17) is 37.0 Å². The SMILES string of the molecule is CCCCCCCCCCCCC(=O)OC[C@H](COP(=O)(O)OC[C@H](O)COP(=O)(O)OC[C@@H](COC(=O)CCCCCCCCCCCCCCCC(C)C)OC(=O)CCCCCCCCCCCCCCCCCCCCC(C)CC)OC(=O)CCCCCCCCCCCCC(C)CC. The van der Waals surface area contributed by atoms with E-state index in [9.17, 15) is 43.2 Å². The van der Waals surface area contributed by atoms with Crippen LogP contribution in [0.15, 0.2) is 0 Å². The standard InChI is InChI=1S/C83H162O17P2/c1-8-11-12-13-14-15-36-43-50-57-64-80(85)93-70-78(100-83(88)67-60-53-46-39-32-31-35-42-49-56-63-76(7)10-3)72-97-101(89,90)95-68-77(84)69-96-102(91,92)98-73-79(71-94-81(86)65-58-51-44-37-29-26-22-23-27-33-40-47-54-61-74(4)5)99-82(87)66-59-52-45-38-30-25-21-19-17-16-18-20-24-28-34-41-48-55-62-75(6)9-2/h74-79,84H,8-73H2,1-7H3,(H,89,90)(H,91,92)/t75?,76?,77-,78+,79+/m0/s1. The van der Waals surface area contributed by atoms with E-state index in [-0.39, 0.29) is 25.7 Å². The molecule has 0 radical (unpaired) electrons. The summed E-state index contributed by atoms with van der Waals surface area (Å²) in [5, 5.41) is 10.7. The fourth-order valence-electron chi connectivity index (χ4n) is 12.8. The summed E-state index contributed by atoms with van der Waals surface area (Å²) in [7, 11) is -9.92. The summed E-state index contributed by atoms with van der Waals surface area (Å²) in [5.74, 6) is 0.357. The van der Waals surface area contributed by atoms with Gasteiger partial charge in [-0.3, -0.25) is 37.3 Å². The van der Waals surface area contributed by atoms with Gasteiger partial charge in [-0.2, -0.15) is 0 Å². The summed E-state index contributed by atoms with van der Waals surface area (Å²) in [6.45, 7) is 12.1. The number of phosphoric acid groups is 2. The Morgan fingerprint density at radius 1 is 0.284 bits per heavy atom. The number of aliphatic hydroxyl groups excluding tert-OH is 1. The Hall–Kier alpha value is -1.94. The molecule has 0 heterocycles. The van der Waals surface area contributed by atoms with E-state index < -0.39 is 97.5 Å². The van der Waals surface area contributed by atoms with Crippen molar-refractivity contribution >= 4 is 39.5 Å². The lowest BCUT2D eigenvalue weighted by atomic mass is 9.99. The molecule has 0 aromatic rings. The summed E-state index contributed by atoms with van der Waals surface area (Å²) < 4.78 is 68.8. The minimum atomic E-state index is -4.96. The Kier molecular flexibility index (Phi) is 71.8. The maximum absolute atomic E-state index is 13.1. The zero-order valence-electron chi connectivity index (χ0n) is 67.1. The third-order valence-electron chi connectivity index (χ3n) is 20.1. The van der Waals surface area contributed by atoms with Gasteiger partial charge in [0.1, 0.15) is 19.3 Å². The smallest absolute Gasteiger partial charge is 0.462 e. The van der Waals surface area contributed by atoms with E-state index in [0.717, 1.165) is 108 Å². The maximum atomic E-state index is 13.1. The quantitative estimate of drug-likeness (QED) is 0.0222. The topological polar surface area (TPSA) is 237 Å². The van der Waals surface area contributed by atoms with Crippen LogP contribution in [-0.2, 0) is 65.4 Å². The highest BCUT2D eigenvalue weighted by molar-refractivity contribution is 7.47. The van der Waals surface area contributed by atoms with Crippen LogP contribution in [-0.4, -0.2) is 96.7 Å². The zero-order valence-corrected chi connectivity index (χ0v) is 68.9. The molecular weight excluding hydrogens is 1330 g/mol. The number of hydrogen-bond donors (Lipinski definition) is 3. The van der Waals surface area contributed by atoms with Crippen molar-refractivity contribution in [2.24, 2.45) is 17.8 Å². The highest BCUT2D eigenvalue weighted by Crippen LogP contribution is 2.45. The van der Waals surface area contributed by atoms with Gasteiger partial charge in [-0.15, -0.1) is 0 Å². The van der Waals surface area contributed by atoms with Gasteiger partial charge >= 0.3 is 39.5 Å². The van der Waals surface area contributed by atoms with Crippen LogP contribution < -0.4 is 0 Å². The van der Waals surface area contributed by atoms with Crippen molar-refractivity contribution in [2.75, 3.05) is 39.6 Å². The van der Waals surface area contributed by atoms with Crippen LogP contribution in [0.4, 0.5) is 0 Å². The van der Waals surface area contributed by atoms with Crippen molar-refractivity contribution in [1.29, 1.82) is 0 Å². The Morgan fingerprint density at radius 2 is 0.500 bits per heavy atom. The highest BCUT2D eigenvalue weighted by Gasteiger charge is 2.30. The van der Waals surface area contributed by atoms with Crippen molar-refractivity contribution in [3.8, 4) is 0 Å². The lowest BCUT2D eigenvalue weighted by molar-refractivity contribution is -0.161. The molecule has 0 saturated heterocycles. The number of carbonyl (C=O) groups excluding carboxylic acids is 4. The molecule has 102 heavy (non-hydrogen) atoms. The summed E-state index contributed by atoms with van der Waals surface area (Å²) in [6, 6.07) is 0. The van der Waals surface area contributed by atoms with Crippen LogP contribution in [0.1, 0.15) is 434 Å². The Morgan fingerprint density at radius 3 is 0.745 bits per heavy atom. The summed E-state index contributed by atoms with van der Waals surface area (Å²) >= 11 is 0. The number of aliphatic hydroxyl groups is 1. The van der Waals surface area contributed by atoms with E-state index in [1.54, 1.807) is 0 Å². The number of hydrogen-bond acceptors (Lipinski definition) is 15. The number of ether oxygens (including phenoxy) is 4. The molecule has 0 saturated carbocycles. The minimum Gasteiger partial charge on any atom is -0.462 e. The Bertz CT molecular complexity index is 1980. The molecule has 0 aromatic carbocycles. The molecule has 7 atom stereocenters. The molecule has 0 amide bonds. The molecule has 0 aromatic heterocycles. The Balaban J connectivity index is 5.22. The second-order valence-corrected chi connectivity index (χ2v) is 33.7. The second-order valence-electron chi connectivity index (χ2n) is 30.8. The minimum absolute atomic E-state index is 0.106. The summed E-state index contributed by atoms with van der Waals surface area (Å²) in [4.78, 5) is 73.1. The molecule has 606 valence electrons. The van der Waals surface area contributed by atoms with E-state index in [0.29, 0.717) is 25.7 Å². The van der Waals surface area contributed by atoms with Crippen LogP contribution >= 0.6 is 15.6 Å². The molecule has 17 nitrogen and oxygen atoms in total. The molecule has 0 fully saturated rings. The molecule has 4 unspecified atom stereocenters. The van der Waals surface area contributed by atoms with Crippen LogP contribution in [0.5, 0.6) is 0 Å². The highest BCUT2D eigenvalue weighted by atomic mass is 31.2. The first-order valence-corrected chi connectivity index (χ1v) is 45.9.